The summed E-state index contributed by atoms with van der Waals surface area (Å²) in [6, 6.07) is 20.0. The monoisotopic (exact) mass is 432 g/mol. The number of benzene rings is 3. The third kappa shape index (κ3) is 4.09. The fraction of sp³-hybridized carbons (Fsp3) is 0.160. The highest BCUT2D eigenvalue weighted by molar-refractivity contribution is 6.30. The van der Waals surface area contributed by atoms with Crippen molar-refractivity contribution in [2.24, 2.45) is 0 Å². The van der Waals surface area contributed by atoms with Gasteiger partial charge in [-0.3, -0.25) is 19.3 Å². The first-order chi connectivity index (χ1) is 14.8. The first-order valence-electron chi connectivity index (χ1n) is 9.94. The van der Waals surface area contributed by atoms with Crippen LogP contribution in [0.15, 0.2) is 72.8 Å². The predicted octanol–water partition coefficient (Wildman–Crippen LogP) is 4.94. The number of amides is 3. The van der Waals surface area contributed by atoms with Gasteiger partial charge in [-0.15, -0.1) is 0 Å². The Bertz CT molecular complexity index is 1140. The number of imide groups is 1. The Morgan fingerprint density at radius 3 is 2.00 bits per heavy atom. The molecule has 1 aliphatic heterocycles. The molecular weight excluding hydrogens is 412 g/mol. The molecule has 0 spiro atoms. The maximum absolute atomic E-state index is 13.5. The summed E-state index contributed by atoms with van der Waals surface area (Å²) in [6.07, 6.45) is -0.0834. The molecule has 3 aromatic carbocycles. The van der Waals surface area contributed by atoms with Crippen molar-refractivity contribution < 1.29 is 14.4 Å². The third-order valence-electron chi connectivity index (χ3n) is 5.35. The summed E-state index contributed by atoms with van der Waals surface area (Å²) in [5.41, 5.74) is 3.50. The number of nitrogens with zero attached hydrogens (tertiary/aromatic N) is 2. The summed E-state index contributed by atoms with van der Waals surface area (Å²) in [5.74, 6) is -1.12. The molecule has 5 nitrogen and oxygen atoms in total. The summed E-state index contributed by atoms with van der Waals surface area (Å²) in [6.45, 7) is 3.88. The fourth-order valence-electron chi connectivity index (χ4n) is 3.66. The minimum Gasteiger partial charge on any atom is -0.295 e. The van der Waals surface area contributed by atoms with Crippen LogP contribution in [-0.4, -0.2) is 23.8 Å². The van der Waals surface area contributed by atoms with E-state index < -0.39 is 11.9 Å². The van der Waals surface area contributed by atoms with Crippen molar-refractivity contribution in [3.63, 3.8) is 0 Å². The third-order valence-corrected chi connectivity index (χ3v) is 5.60. The molecule has 0 aromatic heterocycles. The molecule has 0 bridgehead atoms. The van der Waals surface area contributed by atoms with Crippen LogP contribution in [0, 0.1) is 13.8 Å². The van der Waals surface area contributed by atoms with Crippen molar-refractivity contribution in [2.75, 3.05) is 9.80 Å². The molecule has 6 heteroatoms. The molecule has 156 valence electrons. The molecule has 1 heterocycles. The summed E-state index contributed by atoms with van der Waals surface area (Å²) in [7, 11) is 0. The molecule has 0 N–H and O–H groups in total. The second-order valence-corrected chi connectivity index (χ2v) is 8.08. The number of aryl methyl sites for hydroxylation is 2. The molecule has 1 saturated heterocycles. The standard InChI is InChI=1S/C25H21ClN2O3/c1-16-3-11-20(12-4-16)27(24(30)18-7-9-19(26)10-8-18)22-15-23(29)28(25(22)31)21-13-5-17(2)6-14-21/h3-14,22H,15H2,1-2H3/t22-/m1/s1. The van der Waals surface area contributed by atoms with Crippen LogP contribution in [0.3, 0.4) is 0 Å². The van der Waals surface area contributed by atoms with E-state index in [4.69, 9.17) is 11.6 Å². The van der Waals surface area contributed by atoms with E-state index in [1.54, 1.807) is 48.5 Å². The minimum absolute atomic E-state index is 0.0834. The van der Waals surface area contributed by atoms with Crippen LogP contribution in [0.1, 0.15) is 27.9 Å². The van der Waals surface area contributed by atoms with Gasteiger partial charge in [-0.05, 0) is 62.4 Å². The summed E-state index contributed by atoms with van der Waals surface area (Å²) in [5, 5.41) is 0.510. The molecule has 31 heavy (non-hydrogen) atoms. The van der Waals surface area contributed by atoms with Crippen molar-refractivity contribution in [3.8, 4) is 0 Å². The first kappa shape index (κ1) is 20.8. The zero-order valence-corrected chi connectivity index (χ0v) is 18.0. The van der Waals surface area contributed by atoms with Crippen molar-refractivity contribution in [1.82, 2.24) is 0 Å². The summed E-state index contributed by atoms with van der Waals surface area (Å²) < 4.78 is 0. The Kier molecular flexibility index (Phi) is 5.61. The van der Waals surface area contributed by atoms with E-state index in [0.29, 0.717) is 22.0 Å². The van der Waals surface area contributed by atoms with Gasteiger partial charge in [0.2, 0.25) is 5.91 Å². The zero-order valence-electron chi connectivity index (χ0n) is 17.2. The van der Waals surface area contributed by atoms with Crippen LogP contribution in [0.25, 0.3) is 0 Å². The molecule has 1 atom stereocenters. The van der Waals surface area contributed by atoms with E-state index in [2.05, 4.69) is 0 Å². The number of hydrogen-bond acceptors (Lipinski definition) is 3. The van der Waals surface area contributed by atoms with Gasteiger partial charge < -0.3 is 0 Å². The lowest BCUT2D eigenvalue weighted by molar-refractivity contribution is -0.121. The first-order valence-corrected chi connectivity index (χ1v) is 10.3. The number of hydrogen-bond donors (Lipinski definition) is 0. The SMILES string of the molecule is Cc1ccc(N2C(=O)C[C@@H](N(C(=O)c3ccc(Cl)cc3)c3ccc(C)cc3)C2=O)cc1. The van der Waals surface area contributed by atoms with Gasteiger partial charge in [-0.2, -0.15) is 0 Å². The van der Waals surface area contributed by atoms with E-state index in [9.17, 15) is 14.4 Å². The topological polar surface area (TPSA) is 57.7 Å². The lowest BCUT2D eigenvalue weighted by Gasteiger charge is -2.28. The molecule has 0 saturated carbocycles. The molecule has 0 unspecified atom stereocenters. The lowest BCUT2D eigenvalue weighted by Crippen LogP contribution is -2.45. The van der Waals surface area contributed by atoms with Crippen LogP contribution >= 0.6 is 11.6 Å². The Hall–Kier alpha value is -3.44. The van der Waals surface area contributed by atoms with Gasteiger partial charge in [0.1, 0.15) is 6.04 Å². The largest absolute Gasteiger partial charge is 0.295 e. The fourth-order valence-corrected chi connectivity index (χ4v) is 3.78. The molecule has 4 rings (SSSR count). The van der Waals surface area contributed by atoms with Crippen LogP contribution in [-0.2, 0) is 9.59 Å². The Labute approximate surface area is 185 Å². The number of halogens is 1. The molecule has 1 aliphatic rings. The highest BCUT2D eigenvalue weighted by Gasteiger charge is 2.45. The number of carbonyl (C=O) groups excluding carboxylic acids is 3. The molecule has 1 fully saturated rings. The van der Waals surface area contributed by atoms with Crippen LogP contribution in [0.5, 0.6) is 0 Å². The zero-order chi connectivity index (χ0) is 22.1. The van der Waals surface area contributed by atoms with Crippen molar-refractivity contribution in [2.45, 2.75) is 26.3 Å². The van der Waals surface area contributed by atoms with Crippen LogP contribution in [0.4, 0.5) is 11.4 Å². The molecular formula is C25H21ClN2O3. The van der Waals surface area contributed by atoms with E-state index in [0.717, 1.165) is 11.1 Å². The van der Waals surface area contributed by atoms with Gasteiger partial charge in [0.05, 0.1) is 12.1 Å². The molecule has 0 radical (unpaired) electrons. The normalized spacial score (nSPS) is 16.0. The van der Waals surface area contributed by atoms with Crippen molar-refractivity contribution in [1.29, 1.82) is 0 Å². The molecule has 3 aromatic rings. The minimum atomic E-state index is -0.931. The van der Waals surface area contributed by atoms with Gasteiger partial charge in [-0.25, -0.2) is 4.90 Å². The number of anilines is 2. The predicted molar refractivity (Wildman–Crippen MR) is 122 cm³/mol. The van der Waals surface area contributed by atoms with Crippen molar-refractivity contribution >= 4 is 40.7 Å². The van der Waals surface area contributed by atoms with Crippen LogP contribution < -0.4 is 9.80 Å². The molecule has 0 aliphatic carbocycles. The lowest BCUT2D eigenvalue weighted by atomic mass is 10.1. The van der Waals surface area contributed by atoms with Gasteiger partial charge in [0.25, 0.3) is 11.8 Å². The highest BCUT2D eigenvalue weighted by Crippen LogP contribution is 2.30. The van der Waals surface area contributed by atoms with Gasteiger partial charge in [0.15, 0.2) is 0 Å². The Morgan fingerprint density at radius 2 is 1.42 bits per heavy atom. The smallest absolute Gasteiger partial charge is 0.259 e. The maximum atomic E-state index is 13.5. The Morgan fingerprint density at radius 1 is 0.871 bits per heavy atom. The van der Waals surface area contributed by atoms with Gasteiger partial charge >= 0.3 is 0 Å². The van der Waals surface area contributed by atoms with E-state index in [-0.39, 0.29) is 18.2 Å². The Balaban J connectivity index is 1.74. The average molecular weight is 433 g/mol. The summed E-state index contributed by atoms with van der Waals surface area (Å²) >= 11 is 5.97. The summed E-state index contributed by atoms with van der Waals surface area (Å²) in [4.78, 5) is 42.2. The van der Waals surface area contributed by atoms with Crippen LogP contribution in [0.2, 0.25) is 5.02 Å². The van der Waals surface area contributed by atoms with E-state index in [1.807, 2.05) is 38.1 Å². The van der Waals surface area contributed by atoms with Gasteiger partial charge in [0, 0.05) is 16.3 Å². The average Bonchev–Trinajstić information content (AvgIpc) is 3.04. The van der Waals surface area contributed by atoms with Gasteiger partial charge in [-0.1, -0.05) is 47.0 Å². The van der Waals surface area contributed by atoms with E-state index in [1.165, 1.54) is 9.80 Å². The second kappa shape index (κ2) is 8.36. The van der Waals surface area contributed by atoms with E-state index >= 15 is 0 Å². The maximum Gasteiger partial charge on any atom is 0.259 e. The highest BCUT2D eigenvalue weighted by atomic mass is 35.5. The number of carbonyl (C=O) groups is 3. The molecule has 3 amide bonds. The number of rotatable bonds is 4. The van der Waals surface area contributed by atoms with Crippen molar-refractivity contribution in [3.05, 3.63) is 94.5 Å². The second-order valence-electron chi connectivity index (χ2n) is 7.64. The quantitative estimate of drug-likeness (QED) is 0.549.